The average molecular weight is 362 g/mol. The zero-order valence-corrected chi connectivity index (χ0v) is 16.3. The van der Waals surface area contributed by atoms with Crippen molar-refractivity contribution in [3.05, 3.63) is 34.6 Å². The summed E-state index contributed by atoms with van der Waals surface area (Å²) in [5, 5.41) is 6.22. The lowest BCUT2D eigenvalue weighted by molar-refractivity contribution is 0.0588. The standard InChI is InChI=1S/C18H27N5OS/c1-5-23-8-6-7-14(17(23)15-9-19-22(4)11-15)10-21(3)18(24)16-12-25-20-13(16)2/h9,11-12,14,17H,5-8,10H2,1-4H3/t14-,17+/m0/s1. The van der Waals surface area contributed by atoms with Crippen LogP contribution in [0.1, 0.15) is 47.4 Å². The zero-order chi connectivity index (χ0) is 18.0. The van der Waals surface area contributed by atoms with Gasteiger partial charge in [0, 0.05) is 43.8 Å². The maximum Gasteiger partial charge on any atom is 0.256 e. The molecule has 0 radical (unpaired) electrons. The molecule has 3 heterocycles. The van der Waals surface area contributed by atoms with Crippen LogP contribution in [0.25, 0.3) is 0 Å². The number of carbonyl (C=O) groups is 1. The van der Waals surface area contributed by atoms with Crippen molar-refractivity contribution in [3.8, 4) is 0 Å². The zero-order valence-electron chi connectivity index (χ0n) is 15.5. The van der Waals surface area contributed by atoms with Crippen LogP contribution in [-0.4, -0.2) is 56.5 Å². The second-order valence-electron chi connectivity index (χ2n) is 6.92. The highest BCUT2D eigenvalue weighted by Crippen LogP contribution is 2.36. The minimum atomic E-state index is 0.0739. The van der Waals surface area contributed by atoms with Gasteiger partial charge in [-0.05, 0) is 50.3 Å². The van der Waals surface area contributed by atoms with Gasteiger partial charge < -0.3 is 4.90 Å². The van der Waals surface area contributed by atoms with Crippen LogP contribution in [0.15, 0.2) is 17.8 Å². The maximum atomic E-state index is 12.8. The third kappa shape index (κ3) is 3.77. The molecule has 25 heavy (non-hydrogen) atoms. The Balaban J connectivity index is 1.78. The molecule has 2 atom stereocenters. The molecule has 1 amide bonds. The van der Waals surface area contributed by atoms with Crippen molar-refractivity contribution in [2.24, 2.45) is 13.0 Å². The fourth-order valence-corrected chi connectivity index (χ4v) is 4.60. The minimum absolute atomic E-state index is 0.0739. The molecule has 0 aromatic carbocycles. The second kappa shape index (κ2) is 7.66. The lowest BCUT2D eigenvalue weighted by Crippen LogP contribution is -2.43. The first kappa shape index (κ1) is 18.1. The van der Waals surface area contributed by atoms with Crippen molar-refractivity contribution in [1.82, 2.24) is 24.0 Å². The van der Waals surface area contributed by atoms with Crippen LogP contribution in [0.4, 0.5) is 0 Å². The van der Waals surface area contributed by atoms with Gasteiger partial charge in [0.1, 0.15) is 0 Å². The van der Waals surface area contributed by atoms with Crippen molar-refractivity contribution in [2.45, 2.75) is 32.7 Å². The second-order valence-corrected chi connectivity index (χ2v) is 7.55. The molecule has 1 saturated heterocycles. The summed E-state index contributed by atoms with van der Waals surface area (Å²) in [6.07, 6.45) is 6.39. The first-order valence-corrected chi connectivity index (χ1v) is 9.74. The Bertz CT molecular complexity index is 725. The van der Waals surface area contributed by atoms with Gasteiger partial charge in [-0.1, -0.05) is 6.92 Å². The van der Waals surface area contributed by atoms with E-state index in [2.05, 4.69) is 27.5 Å². The Morgan fingerprint density at radius 3 is 2.88 bits per heavy atom. The summed E-state index contributed by atoms with van der Waals surface area (Å²) < 4.78 is 6.10. The van der Waals surface area contributed by atoms with Gasteiger partial charge in [-0.15, -0.1) is 0 Å². The maximum absolute atomic E-state index is 12.8. The molecule has 6 nitrogen and oxygen atoms in total. The van der Waals surface area contributed by atoms with Crippen LogP contribution in [0.3, 0.4) is 0 Å². The molecule has 1 aliphatic heterocycles. The van der Waals surface area contributed by atoms with E-state index in [1.165, 1.54) is 23.5 Å². The van der Waals surface area contributed by atoms with Crippen LogP contribution in [0, 0.1) is 12.8 Å². The molecule has 2 aromatic heterocycles. The van der Waals surface area contributed by atoms with Gasteiger partial charge in [-0.3, -0.25) is 14.4 Å². The number of aryl methyl sites for hydroxylation is 2. The summed E-state index contributed by atoms with van der Waals surface area (Å²) in [5.74, 6) is 0.489. The molecule has 0 aliphatic carbocycles. The SMILES string of the molecule is CCN1CCC[C@@H](CN(C)C(=O)c2csnc2C)[C@@H]1c1cnn(C)c1. The Labute approximate surface area is 153 Å². The molecule has 136 valence electrons. The number of hydrogen-bond donors (Lipinski definition) is 0. The third-order valence-corrected chi connectivity index (χ3v) is 5.89. The highest BCUT2D eigenvalue weighted by molar-refractivity contribution is 7.03. The van der Waals surface area contributed by atoms with Crippen LogP contribution in [-0.2, 0) is 7.05 Å². The molecule has 0 unspecified atom stereocenters. The molecule has 3 rings (SSSR count). The van der Waals surface area contributed by atoms with Gasteiger partial charge in [0.15, 0.2) is 0 Å². The molecule has 0 spiro atoms. The molecule has 7 heteroatoms. The van der Waals surface area contributed by atoms with Crippen LogP contribution >= 0.6 is 11.5 Å². The predicted octanol–water partition coefficient (Wildman–Crippen LogP) is 2.73. The van der Waals surface area contributed by atoms with Crippen molar-refractivity contribution in [1.29, 1.82) is 0 Å². The molecule has 0 saturated carbocycles. The molecule has 2 aromatic rings. The smallest absolute Gasteiger partial charge is 0.256 e. The van der Waals surface area contributed by atoms with Gasteiger partial charge in [-0.25, -0.2) is 0 Å². The van der Waals surface area contributed by atoms with Gasteiger partial charge in [-0.2, -0.15) is 9.47 Å². The largest absolute Gasteiger partial charge is 0.341 e. The normalized spacial score (nSPS) is 21.4. The fourth-order valence-electron chi connectivity index (χ4n) is 3.91. The topological polar surface area (TPSA) is 54.3 Å². The van der Waals surface area contributed by atoms with E-state index < -0.39 is 0 Å². The molecular formula is C18H27N5OS. The highest BCUT2D eigenvalue weighted by Gasteiger charge is 2.34. The average Bonchev–Trinajstić information content (AvgIpc) is 3.22. The van der Waals surface area contributed by atoms with E-state index in [1.54, 1.807) is 0 Å². The van der Waals surface area contributed by atoms with E-state index in [-0.39, 0.29) is 5.91 Å². The number of aromatic nitrogens is 3. The Morgan fingerprint density at radius 1 is 1.48 bits per heavy atom. The number of likely N-dealkylation sites (tertiary alicyclic amines) is 1. The summed E-state index contributed by atoms with van der Waals surface area (Å²) in [7, 11) is 3.87. The first-order chi connectivity index (χ1) is 12.0. The summed E-state index contributed by atoms with van der Waals surface area (Å²) in [4.78, 5) is 17.1. The van der Waals surface area contributed by atoms with Gasteiger partial charge >= 0.3 is 0 Å². The number of carbonyl (C=O) groups excluding carboxylic acids is 1. The quantitative estimate of drug-likeness (QED) is 0.822. The Morgan fingerprint density at radius 2 is 2.28 bits per heavy atom. The number of hydrogen-bond acceptors (Lipinski definition) is 5. The van der Waals surface area contributed by atoms with E-state index in [0.717, 1.165) is 37.3 Å². The summed E-state index contributed by atoms with van der Waals surface area (Å²) in [5.41, 5.74) is 2.81. The molecule has 1 fully saturated rings. The van der Waals surface area contributed by atoms with Crippen LogP contribution in [0.2, 0.25) is 0 Å². The molecule has 0 bridgehead atoms. The van der Waals surface area contributed by atoms with E-state index in [1.807, 2.05) is 42.2 Å². The Kier molecular flexibility index (Phi) is 5.54. The van der Waals surface area contributed by atoms with E-state index in [9.17, 15) is 4.79 Å². The number of piperidine rings is 1. The monoisotopic (exact) mass is 361 g/mol. The van der Waals surface area contributed by atoms with Crippen LogP contribution in [0.5, 0.6) is 0 Å². The van der Waals surface area contributed by atoms with Crippen molar-refractivity contribution in [3.63, 3.8) is 0 Å². The fraction of sp³-hybridized carbons (Fsp3) is 0.611. The van der Waals surface area contributed by atoms with Gasteiger partial charge in [0.05, 0.1) is 17.5 Å². The summed E-state index contributed by atoms with van der Waals surface area (Å²) in [6, 6.07) is 0.324. The first-order valence-electron chi connectivity index (χ1n) is 8.90. The number of nitrogens with zero attached hydrogens (tertiary/aromatic N) is 5. The van der Waals surface area contributed by atoms with E-state index >= 15 is 0 Å². The van der Waals surface area contributed by atoms with E-state index in [4.69, 9.17) is 0 Å². The van der Waals surface area contributed by atoms with Gasteiger partial charge in [0.25, 0.3) is 5.91 Å². The summed E-state index contributed by atoms with van der Waals surface area (Å²) in [6.45, 7) is 6.99. The molecule has 1 aliphatic rings. The molecular weight excluding hydrogens is 334 g/mol. The molecule has 0 N–H and O–H groups in total. The van der Waals surface area contributed by atoms with Crippen LogP contribution < -0.4 is 0 Å². The predicted molar refractivity (Wildman–Crippen MR) is 99.7 cm³/mol. The Hall–Kier alpha value is -1.73. The van der Waals surface area contributed by atoms with Crippen molar-refractivity contribution >= 4 is 17.4 Å². The highest BCUT2D eigenvalue weighted by atomic mass is 32.1. The lowest BCUT2D eigenvalue weighted by Gasteiger charge is -2.42. The van der Waals surface area contributed by atoms with E-state index in [0.29, 0.717) is 12.0 Å². The van der Waals surface area contributed by atoms with Crippen molar-refractivity contribution in [2.75, 3.05) is 26.7 Å². The third-order valence-electron chi connectivity index (χ3n) is 5.17. The number of amides is 1. The van der Waals surface area contributed by atoms with Gasteiger partial charge in [0.2, 0.25) is 0 Å². The van der Waals surface area contributed by atoms with Crippen molar-refractivity contribution < 1.29 is 4.79 Å². The lowest BCUT2D eigenvalue weighted by atomic mass is 9.85. The number of rotatable bonds is 5. The minimum Gasteiger partial charge on any atom is -0.341 e. The summed E-state index contributed by atoms with van der Waals surface area (Å²) >= 11 is 1.35.